The highest BCUT2D eigenvalue weighted by atomic mass is 16.6. The first-order valence-corrected chi connectivity index (χ1v) is 10.2. The summed E-state index contributed by atoms with van der Waals surface area (Å²) in [5.41, 5.74) is 4.31. The maximum atomic E-state index is 12.2. The second-order valence-electron chi connectivity index (χ2n) is 7.53. The van der Waals surface area contributed by atoms with Crippen LogP contribution in [0.15, 0.2) is 42.5 Å². The molecule has 0 aromatic heterocycles. The highest BCUT2D eigenvalue weighted by Gasteiger charge is 2.19. The lowest BCUT2D eigenvalue weighted by molar-refractivity contribution is -0.154. The number of rotatable bonds is 7. The van der Waals surface area contributed by atoms with Gasteiger partial charge in [0.15, 0.2) is 12.7 Å². The summed E-state index contributed by atoms with van der Waals surface area (Å²) >= 11 is 0. The standard InChI is InChI=1S/C24H26N2O4/c1-16(20-10-9-19-5-3-4-6-21(19)13-20)26-23(27)15-29-24(28)17(2)30-22-11-7-18(14-25)8-12-22/h7-13,16-17H,3-6,15H2,1-2H3,(H,26,27)/t16-,17+/m1/s1. The molecule has 3 rings (SSSR count). The lowest BCUT2D eigenvalue weighted by Crippen LogP contribution is -2.34. The highest BCUT2D eigenvalue weighted by Crippen LogP contribution is 2.24. The van der Waals surface area contributed by atoms with Crippen LogP contribution in [0.1, 0.15) is 55.0 Å². The maximum absolute atomic E-state index is 12.2. The van der Waals surface area contributed by atoms with Crippen LogP contribution in [0.2, 0.25) is 0 Å². The third kappa shape index (κ3) is 5.60. The molecule has 0 aliphatic heterocycles. The van der Waals surface area contributed by atoms with Gasteiger partial charge >= 0.3 is 5.97 Å². The second kappa shape index (κ2) is 9.93. The van der Waals surface area contributed by atoms with Crippen molar-refractivity contribution in [3.8, 4) is 11.8 Å². The topological polar surface area (TPSA) is 88.4 Å². The zero-order valence-corrected chi connectivity index (χ0v) is 17.3. The Bertz CT molecular complexity index is 947. The Kier molecular flexibility index (Phi) is 7.08. The summed E-state index contributed by atoms with van der Waals surface area (Å²) in [5, 5.41) is 11.7. The predicted octanol–water partition coefficient (Wildman–Crippen LogP) is 3.62. The van der Waals surface area contributed by atoms with Crippen LogP contribution < -0.4 is 10.1 Å². The highest BCUT2D eigenvalue weighted by molar-refractivity contribution is 5.82. The number of fused-ring (bicyclic) bond motifs is 1. The minimum atomic E-state index is -0.871. The minimum absolute atomic E-state index is 0.171. The minimum Gasteiger partial charge on any atom is -0.479 e. The second-order valence-corrected chi connectivity index (χ2v) is 7.53. The molecule has 6 nitrogen and oxygen atoms in total. The van der Waals surface area contributed by atoms with Gasteiger partial charge < -0.3 is 14.8 Å². The van der Waals surface area contributed by atoms with Crippen molar-refractivity contribution in [2.45, 2.75) is 51.7 Å². The van der Waals surface area contributed by atoms with Crippen molar-refractivity contribution in [3.63, 3.8) is 0 Å². The van der Waals surface area contributed by atoms with Gasteiger partial charge in [-0.2, -0.15) is 5.26 Å². The smallest absolute Gasteiger partial charge is 0.347 e. The summed E-state index contributed by atoms with van der Waals surface area (Å²) in [7, 11) is 0. The van der Waals surface area contributed by atoms with Crippen molar-refractivity contribution < 1.29 is 19.1 Å². The molecule has 2 atom stereocenters. The quantitative estimate of drug-likeness (QED) is 0.710. The normalized spacial score (nSPS) is 14.6. The monoisotopic (exact) mass is 406 g/mol. The van der Waals surface area contributed by atoms with Gasteiger partial charge in [0.2, 0.25) is 0 Å². The van der Waals surface area contributed by atoms with Crippen LogP contribution in [0.4, 0.5) is 0 Å². The van der Waals surface area contributed by atoms with E-state index in [-0.39, 0.29) is 18.6 Å². The number of esters is 1. The molecule has 0 saturated heterocycles. The number of nitrogens with one attached hydrogen (secondary N) is 1. The van der Waals surface area contributed by atoms with E-state index in [9.17, 15) is 9.59 Å². The summed E-state index contributed by atoms with van der Waals surface area (Å²) in [6.45, 7) is 3.10. The first-order chi connectivity index (χ1) is 14.5. The van der Waals surface area contributed by atoms with Gasteiger partial charge in [0.05, 0.1) is 17.7 Å². The Labute approximate surface area is 176 Å². The molecule has 0 bridgehead atoms. The van der Waals surface area contributed by atoms with E-state index in [1.807, 2.05) is 13.0 Å². The largest absolute Gasteiger partial charge is 0.479 e. The van der Waals surface area contributed by atoms with E-state index in [4.69, 9.17) is 14.7 Å². The average molecular weight is 406 g/mol. The predicted molar refractivity (Wildman–Crippen MR) is 112 cm³/mol. The number of carbonyl (C=O) groups is 2. The van der Waals surface area contributed by atoms with Crippen LogP contribution in [0.5, 0.6) is 5.75 Å². The first-order valence-electron chi connectivity index (χ1n) is 10.2. The van der Waals surface area contributed by atoms with Gasteiger partial charge in [-0.3, -0.25) is 4.79 Å². The molecule has 2 aromatic rings. The lowest BCUT2D eigenvalue weighted by Gasteiger charge is -2.20. The molecule has 30 heavy (non-hydrogen) atoms. The van der Waals surface area contributed by atoms with Crippen molar-refractivity contribution in [1.82, 2.24) is 5.32 Å². The Morgan fingerprint density at radius 3 is 2.47 bits per heavy atom. The van der Waals surface area contributed by atoms with E-state index in [1.54, 1.807) is 31.2 Å². The van der Waals surface area contributed by atoms with Crippen LogP contribution in [0.3, 0.4) is 0 Å². The van der Waals surface area contributed by atoms with Gasteiger partial charge in [-0.25, -0.2) is 4.79 Å². The molecule has 1 aliphatic carbocycles. The van der Waals surface area contributed by atoms with E-state index >= 15 is 0 Å². The Morgan fingerprint density at radius 1 is 1.07 bits per heavy atom. The van der Waals surface area contributed by atoms with Gasteiger partial charge in [0, 0.05) is 0 Å². The van der Waals surface area contributed by atoms with Gasteiger partial charge in [0.25, 0.3) is 5.91 Å². The van der Waals surface area contributed by atoms with Crippen molar-refractivity contribution in [2.24, 2.45) is 0 Å². The average Bonchev–Trinajstić information content (AvgIpc) is 2.77. The molecule has 2 aromatic carbocycles. The van der Waals surface area contributed by atoms with Crippen molar-refractivity contribution >= 4 is 11.9 Å². The number of hydrogen-bond acceptors (Lipinski definition) is 5. The molecule has 1 amide bonds. The Hall–Kier alpha value is -3.33. The number of ether oxygens (including phenoxy) is 2. The van der Waals surface area contributed by atoms with Crippen molar-refractivity contribution in [2.75, 3.05) is 6.61 Å². The van der Waals surface area contributed by atoms with Crippen LogP contribution in [-0.2, 0) is 27.2 Å². The number of nitrogens with zero attached hydrogens (tertiary/aromatic N) is 1. The molecule has 6 heteroatoms. The van der Waals surface area contributed by atoms with Gasteiger partial charge in [-0.1, -0.05) is 18.2 Å². The number of carbonyl (C=O) groups excluding carboxylic acids is 2. The molecular weight excluding hydrogens is 380 g/mol. The van der Waals surface area contributed by atoms with Crippen LogP contribution >= 0.6 is 0 Å². The van der Waals surface area contributed by atoms with E-state index in [0.29, 0.717) is 11.3 Å². The number of nitriles is 1. The SMILES string of the molecule is C[C@H](Oc1ccc(C#N)cc1)C(=O)OCC(=O)N[C@H](C)c1ccc2c(c1)CCCC2. The maximum Gasteiger partial charge on any atom is 0.347 e. The molecule has 0 radical (unpaired) electrons. The van der Waals surface area contributed by atoms with Crippen LogP contribution in [-0.4, -0.2) is 24.6 Å². The van der Waals surface area contributed by atoms with Gasteiger partial charge in [0.1, 0.15) is 5.75 Å². The molecule has 156 valence electrons. The zero-order valence-electron chi connectivity index (χ0n) is 17.3. The molecule has 0 spiro atoms. The van der Waals surface area contributed by atoms with E-state index in [1.165, 1.54) is 24.0 Å². The van der Waals surface area contributed by atoms with Crippen molar-refractivity contribution in [1.29, 1.82) is 5.26 Å². The molecule has 0 unspecified atom stereocenters. The number of benzene rings is 2. The van der Waals surface area contributed by atoms with Crippen molar-refractivity contribution in [3.05, 3.63) is 64.7 Å². The molecular formula is C24H26N2O4. The first kappa shape index (κ1) is 21.4. The summed E-state index contributed by atoms with van der Waals surface area (Å²) in [6, 6.07) is 14.6. The molecule has 1 aliphatic rings. The third-order valence-electron chi connectivity index (χ3n) is 5.22. The lowest BCUT2D eigenvalue weighted by atomic mass is 9.89. The fraction of sp³-hybridized carbons (Fsp3) is 0.375. The zero-order chi connectivity index (χ0) is 21.5. The Morgan fingerprint density at radius 2 is 1.77 bits per heavy atom. The Balaban J connectivity index is 1.46. The third-order valence-corrected chi connectivity index (χ3v) is 5.22. The fourth-order valence-electron chi connectivity index (χ4n) is 3.50. The van der Waals surface area contributed by atoms with Crippen LogP contribution in [0, 0.1) is 11.3 Å². The molecule has 0 fully saturated rings. The van der Waals surface area contributed by atoms with E-state index < -0.39 is 12.1 Å². The summed E-state index contributed by atoms with van der Waals surface area (Å²) in [5.74, 6) is -0.543. The fourth-order valence-corrected chi connectivity index (χ4v) is 3.50. The number of amides is 1. The number of hydrogen-bond donors (Lipinski definition) is 1. The number of aryl methyl sites for hydroxylation is 2. The van der Waals surface area contributed by atoms with E-state index in [0.717, 1.165) is 18.4 Å². The van der Waals surface area contributed by atoms with Gasteiger partial charge in [-0.15, -0.1) is 0 Å². The van der Waals surface area contributed by atoms with Crippen LogP contribution in [0.25, 0.3) is 0 Å². The van der Waals surface area contributed by atoms with Gasteiger partial charge in [-0.05, 0) is 80.5 Å². The van der Waals surface area contributed by atoms with E-state index in [2.05, 4.69) is 23.5 Å². The summed E-state index contributed by atoms with van der Waals surface area (Å²) in [4.78, 5) is 24.3. The summed E-state index contributed by atoms with van der Waals surface area (Å²) in [6.07, 6.45) is 3.77. The molecule has 0 heterocycles. The molecule has 0 saturated carbocycles. The summed E-state index contributed by atoms with van der Waals surface area (Å²) < 4.78 is 10.6. The molecule has 1 N–H and O–H groups in total.